The first-order valence-electron chi connectivity index (χ1n) is 8.19. The van der Waals surface area contributed by atoms with Gasteiger partial charge in [0.2, 0.25) is 0 Å². The van der Waals surface area contributed by atoms with E-state index in [-0.39, 0.29) is 5.91 Å². The third-order valence-corrected chi connectivity index (χ3v) is 4.50. The molecule has 3 aromatic heterocycles. The zero-order valence-corrected chi connectivity index (χ0v) is 13.4. The van der Waals surface area contributed by atoms with Gasteiger partial charge in [-0.05, 0) is 30.7 Å². The molecule has 122 valence electrons. The third-order valence-electron chi connectivity index (χ3n) is 4.50. The monoisotopic (exact) mass is 321 g/mol. The van der Waals surface area contributed by atoms with Crippen molar-refractivity contribution in [2.24, 2.45) is 0 Å². The molecule has 6 nitrogen and oxygen atoms in total. The second kappa shape index (κ2) is 6.31. The molecule has 0 atom stereocenters. The standard InChI is InChI=1S/C18H19N5O/c24-18(16-5-9-21-17-15(16)4-8-20-17)23-11-1-10-22(12-13-23)14-2-6-19-7-3-14/h2-9H,1,10-13H2,(H,20,21). The van der Waals surface area contributed by atoms with Crippen molar-refractivity contribution < 1.29 is 4.79 Å². The van der Waals surface area contributed by atoms with Crippen molar-refractivity contribution in [3.05, 3.63) is 54.6 Å². The van der Waals surface area contributed by atoms with Crippen LogP contribution in [0.15, 0.2) is 49.1 Å². The van der Waals surface area contributed by atoms with Crippen LogP contribution in [0.4, 0.5) is 5.69 Å². The van der Waals surface area contributed by atoms with Gasteiger partial charge in [-0.2, -0.15) is 0 Å². The van der Waals surface area contributed by atoms with Crippen molar-refractivity contribution in [1.29, 1.82) is 0 Å². The summed E-state index contributed by atoms with van der Waals surface area (Å²) in [4.78, 5) is 28.6. The summed E-state index contributed by atoms with van der Waals surface area (Å²) < 4.78 is 0. The van der Waals surface area contributed by atoms with Crippen molar-refractivity contribution in [2.75, 3.05) is 31.1 Å². The molecule has 3 aromatic rings. The van der Waals surface area contributed by atoms with Gasteiger partial charge in [0.25, 0.3) is 5.91 Å². The molecule has 1 aliphatic rings. The Morgan fingerprint density at radius 1 is 1.00 bits per heavy atom. The lowest BCUT2D eigenvalue weighted by Crippen LogP contribution is -2.35. The van der Waals surface area contributed by atoms with Crippen LogP contribution in [0.3, 0.4) is 0 Å². The SMILES string of the molecule is O=C(c1ccnc2[nH]ccc12)N1CCCN(c2ccncc2)CC1. The maximum Gasteiger partial charge on any atom is 0.254 e. The number of amides is 1. The molecule has 1 saturated heterocycles. The lowest BCUT2D eigenvalue weighted by Gasteiger charge is -2.23. The van der Waals surface area contributed by atoms with Gasteiger partial charge >= 0.3 is 0 Å². The Bertz CT molecular complexity index is 845. The highest BCUT2D eigenvalue weighted by Gasteiger charge is 2.22. The minimum atomic E-state index is 0.0820. The average Bonchev–Trinajstić information content (AvgIpc) is 2.98. The van der Waals surface area contributed by atoms with E-state index in [2.05, 4.69) is 19.9 Å². The van der Waals surface area contributed by atoms with Crippen LogP contribution in [0.25, 0.3) is 11.0 Å². The van der Waals surface area contributed by atoms with E-state index in [0.29, 0.717) is 0 Å². The largest absolute Gasteiger partial charge is 0.370 e. The number of nitrogens with zero attached hydrogens (tertiary/aromatic N) is 4. The molecule has 0 radical (unpaired) electrons. The van der Waals surface area contributed by atoms with Crippen LogP contribution in [0.5, 0.6) is 0 Å². The minimum Gasteiger partial charge on any atom is -0.370 e. The van der Waals surface area contributed by atoms with E-state index in [0.717, 1.165) is 54.9 Å². The van der Waals surface area contributed by atoms with Gasteiger partial charge < -0.3 is 14.8 Å². The highest BCUT2D eigenvalue weighted by molar-refractivity contribution is 6.05. The molecule has 1 aliphatic heterocycles. The van der Waals surface area contributed by atoms with E-state index in [1.165, 1.54) is 0 Å². The number of H-pyrrole nitrogens is 1. The Morgan fingerprint density at radius 2 is 1.88 bits per heavy atom. The number of carbonyl (C=O) groups excluding carboxylic acids is 1. The molecule has 1 amide bonds. The van der Waals surface area contributed by atoms with E-state index in [1.54, 1.807) is 6.20 Å². The summed E-state index contributed by atoms with van der Waals surface area (Å²) in [6.07, 6.45) is 8.08. The fraction of sp³-hybridized carbons (Fsp3) is 0.278. The van der Waals surface area contributed by atoms with E-state index < -0.39 is 0 Å². The smallest absolute Gasteiger partial charge is 0.254 e. The normalized spacial score (nSPS) is 15.5. The molecule has 4 rings (SSSR count). The van der Waals surface area contributed by atoms with E-state index in [9.17, 15) is 4.79 Å². The second-order valence-electron chi connectivity index (χ2n) is 5.94. The number of fused-ring (bicyclic) bond motifs is 1. The number of nitrogens with one attached hydrogen (secondary N) is 1. The van der Waals surface area contributed by atoms with Gasteiger partial charge in [0, 0.05) is 62.0 Å². The van der Waals surface area contributed by atoms with Crippen molar-refractivity contribution in [3.8, 4) is 0 Å². The summed E-state index contributed by atoms with van der Waals surface area (Å²) in [5.41, 5.74) is 2.64. The van der Waals surface area contributed by atoms with Crippen LogP contribution < -0.4 is 4.90 Å². The predicted molar refractivity (Wildman–Crippen MR) is 93.1 cm³/mol. The van der Waals surface area contributed by atoms with Gasteiger partial charge in [0.05, 0.1) is 5.56 Å². The number of rotatable bonds is 2. The van der Waals surface area contributed by atoms with Crippen LogP contribution in [-0.4, -0.2) is 51.9 Å². The highest BCUT2D eigenvalue weighted by Crippen LogP contribution is 2.20. The van der Waals surface area contributed by atoms with Gasteiger partial charge in [-0.3, -0.25) is 9.78 Å². The predicted octanol–water partition coefficient (Wildman–Crippen LogP) is 2.31. The molecule has 4 heterocycles. The molecule has 0 aliphatic carbocycles. The Kier molecular flexibility index (Phi) is 3.86. The summed E-state index contributed by atoms with van der Waals surface area (Å²) in [6, 6.07) is 7.76. The van der Waals surface area contributed by atoms with Crippen molar-refractivity contribution in [1.82, 2.24) is 19.9 Å². The van der Waals surface area contributed by atoms with Crippen molar-refractivity contribution in [2.45, 2.75) is 6.42 Å². The molecule has 24 heavy (non-hydrogen) atoms. The number of aromatic nitrogens is 3. The van der Waals surface area contributed by atoms with Crippen LogP contribution >= 0.6 is 0 Å². The Morgan fingerprint density at radius 3 is 2.75 bits per heavy atom. The third kappa shape index (κ3) is 2.71. The van der Waals surface area contributed by atoms with Gasteiger partial charge in [-0.15, -0.1) is 0 Å². The Hall–Kier alpha value is -2.89. The van der Waals surface area contributed by atoms with Crippen molar-refractivity contribution in [3.63, 3.8) is 0 Å². The molecule has 0 aromatic carbocycles. The minimum absolute atomic E-state index is 0.0820. The van der Waals surface area contributed by atoms with E-state index >= 15 is 0 Å². The first-order valence-corrected chi connectivity index (χ1v) is 8.19. The van der Waals surface area contributed by atoms with Gasteiger partial charge in [-0.1, -0.05) is 0 Å². The Labute approximate surface area is 140 Å². The number of anilines is 1. The molecule has 1 fully saturated rings. The molecule has 0 saturated carbocycles. The topological polar surface area (TPSA) is 65.1 Å². The summed E-state index contributed by atoms with van der Waals surface area (Å²) in [5.74, 6) is 0.0820. The van der Waals surface area contributed by atoms with Crippen LogP contribution in [0.1, 0.15) is 16.8 Å². The fourth-order valence-electron chi connectivity index (χ4n) is 3.25. The van der Waals surface area contributed by atoms with Gasteiger partial charge in [0.15, 0.2) is 0 Å². The maximum absolute atomic E-state index is 13.0. The molecule has 6 heteroatoms. The maximum atomic E-state index is 13.0. The summed E-state index contributed by atoms with van der Waals surface area (Å²) >= 11 is 0. The molecule has 1 N–H and O–H groups in total. The summed E-state index contributed by atoms with van der Waals surface area (Å²) in [7, 11) is 0. The highest BCUT2D eigenvalue weighted by atomic mass is 16.2. The van der Waals surface area contributed by atoms with Crippen LogP contribution in [-0.2, 0) is 0 Å². The van der Waals surface area contributed by atoms with Gasteiger partial charge in [-0.25, -0.2) is 4.98 Å². The molecule has 0 spiro atoms. The lowest BCUT2D eigenvalue weighted by molar-refractivity contribution is 0.0769. The first kappa shape index (κ1) is 14.7. The zero-order chi connectivity index (χ0) is 16.4. The van der Waals surface area contributed by atoms with Crippen LogP contribution in [0.2, 0.25) is 0 Å². The van der Waals surface area contributed by atoms with E-state index in [1.807, 2.05) is 47.8 Å². The van der Waals surface area contributed by atoms with E-state index in [4.69, 9.17) is 0 Å². The number of aromatic amines is 1. The van der Waals surface area contributed by atoms with Gasteiger partial charge in [0.1, 0.15) is 5.65 Å². The lowest BCUT2D eigenvalue weighted by atomic mass is 10.1. The number of carbonyl (C=O) groups is 1. The zero-order valence-electron chi connectivity index (χ0n) is 13.4. The van der Waals surface area contributed by atoms with Crippen LogP contribution in [0, 0.1) is 0 Å². The van der Waals surface area contributed by atoms with Crippen molar-refractivity contribution >= 4 is 22.6 Å². The average molecular weight is 321 g/mol. The second-order valence-corrected chi connectivity index (χ2v) is 5.94. The summed E-state index contributed by atoms with van der Waals surface area (Å²) in [6.45, 7) is 3.27. The molecular weight excluding hydrogens is 302 g/mol. The number of pyridine rings is 2. The summed E-state index contributed by atoms with van der Waals surface area (Å²) in [5, 5.41) is 0.887. The number of hydrogen-bond donors (Lipinski definition) is 1. The molecule has 0 bridgehead atoms. The Balaban J connectivity index is 1.53. The quantitative estimate of drug-likeness (QED) is 0.786. The molecule has 0 unspecified atom stereocenters. The molecular formula is C18H19N5O. The fourth-order valence-corrected chi connectivity index (χ4v) is 3.25. The first-order chi connectivity index (χ1) is 11.8. The number of hydrogen-bond acceptors (Lipinski definition) is 4.